The molecule has 8 heteroatoms. The molecule has 1 saturated carbocycles. The molecule has 140 valence electrons. The standard InChI is InChI=1S/C18H21FN2O4S/c19-14-6-4-5-13(9-14)18-21-16(10-25-18)11-26(23,24)12-17(22)20-15-7-2-1-3-8-15/h4-6,9-10,15H,1-3,7-8,11-12H2,(H,20,22). The molecule has 0 bridgehead atoms. The lowest BCUT2D eigenvalue weighted by Crippen LogP contribution is -2.39. The summed E-state index contributed by atoms with van der Waals surface area (Å²) in [5.41, 5.74) is 0.610. The number of benzene rings is 1. The Morgan fingerprint density at radius 3 is 2.77 bits per heavy atom. The number of hydrogen-bond donors (Lipinski definition) is 1. The predicted octanol–water partition coefficient (Wildman–Crippen LogP) is 2.84. The molecule has 1 aliphatic rings. The van der Waals surface area contributed by atoms with Crippen LogP contribution in [0.5, 0.6) is 0 Å². The van der Waals surface area contributed by atoms with Gasteiger partial charge in [-0.15, -0.1) is 0 Å². The number of amides is 1. The van der Waals surface area contributed by atoms with Crippen molar-refractivity contribution in [1.82, 2.24) is 10.3 Å². The van der Waals surface area contributed by atoms with Crippen molar-refractivity contribution >= 4 is 15.7 Å². The summed E-state index contributed by atoms with van der Waals surface area (Å²) in [5, 5.41) is 2.79. The zero-order valence-electron chi connectivity index (χ0n) is 14.3. The lowest BCUT2D eigenvalue weighted by Gasteiger charge is -2.22. The minimum absolute atomic E-state index is 0.0677. The minimum Gasteiger partial charge on any atom is -0.444 e. The quantitative estimate of drug-likeness (QED) is 0.832. The van der Waals surface area contributed by atoms with Crippen LogP contribution in [-0.2, 0) is 20.4 Å². The number of nitrogens with one attached hydrogen (secondary N) is 1. The van der Waals surface area contributed by atoms with Crippen LogP contribution in [0.15, 0.2) is 34.9 Å². The van der Waals surface area contributed by atoms with Gasteiger partial charge in [-0.3, -0.25) is 4.79 Å². The van der Waals surface area contributed by atoms with Gasteiger partial charge in [-0.25, -0.2) is 17.8 Å². The van der Waals surface area contributed by atoms with Crippen LogP contribution in [-0.4, -0.2) is 31.1 Å². The van der Waals surface area contributed by atoms with Crippen LogP contribution in [0.3, 0.4) is 0 Å². The number of oxazole rings is 1. The minimum atomic E-state index is -3.67. The molecule has 0 aliphatic heterocycles. The number of carbonyl (C=O) groups is 1. The van der Waals surface area contributed by atoms with Crippen molar-refractivity contribution in [3.8, 4) is 11.5 Å². The first-order valence-corrected chi connectivity index (χ1v) is 10.4. The smallest absolute Gasteiger partial charge is 0.235 e. The number of rotatable bonds is 6. The molecule has 6 nitrogen and oxygen atoms in total. The Kier molecular flexibility index (Phi) is 5.70. The molecule has 0 radical (unpaired) electrons. The predicted molar refractivity (Wildman–Crippen MR) is 94.4 cm³/mol. The molecular formula is C18H21FN2O4S. The van der Waals surface area contributed by atoms with E-state index in [2.05, 4.69) is 10.3 Å². The first-order chi connectivity index (χ1) is 12.4. The first kappa shape index (κ1) is 18.6. The average molecular weight is 380 g/mol. The fraction of sp³-hybridized carbons (Fsp3) is 0.444. The number of halogens is 1. The number of hydrogen-bond acceptors (Lipinski definition) is 5. The van der Waals surface area contributed by atoms with E-state index >= 15 is 0 Å². The van der Waals surface area contributed by atoms with Crippen molar-refractivity contribution in [2.24, 2.45) is 0 Å². The van der Waals surface area contributed by atoms with Crippen LogP contribution in [0.2, 0.25) is 0 Å². The van der Waals surface area contributed by atoms with Gasteiger partial charge in [-0.2, -0.15) is 0 Å². The highest BCUT2D eigenvalue weighted by atomic mass is 32.2. The van der Waals surface area contributed by atoms with Crippen molar-refractivity contribution in [3.05, 3.63) is 42.0 Å². The lowest BCUT2D eigenvalue weighted by atomic mass is 9.95. The second-order valence-corrected chi connectivity index (χ2v) is 8.65. The van der Waals surface area contributed by atoms with E-state index in [1.165, 1.54) is 24.5 Å². The van der Waals surface area contributed by atoms with Gasteiger partial charge >= 0.3 is 0 Å². The van der Waals surface area contributed by atoms with E-state index in [-0.39, 0.29) is 17.6 Å². The summed E-state index contributed by atoms with van der Waals surface area (Å²) in [6.45, 7) is 0. The van der Waals surface area contributed by atoms with Gasteiger partial charge in [0.2, 0.25) is 11.8 Å². The second-order valence-electron chi connectivity index (χ2n) is 6.59. The highest BCUT2D eigenvalue weighted by molar-refractivity contribution is 7.91. The Bertz CT molecular complexity index is 873. The molecule has 26 heavy (non-hydrogen) atoms. The number of nitrogens with zero attached hydrogens (tertiary/aromatic N) is 1. The molecule has 1 N–H and O–H groups in total. The van der Waals surface area contributed by atoms with E-state index in [0.29, 0.717) is 5.56 Å². The fourth-order valence-electron chi connectivity index (χ4n) is 3.12. The van der Waals surface area contributed by atoms with Crippen molar-refractivity contribution < 1.29 is 22.0 Å². The van der Waals surface area contributed by atoms with E-state index < -0.39 is 33.1 Å². The Hall–Kier alpha value is -2.22. The Morgan fingerprint density at radius 1 is 1.27 bits per heavy atom. The summed E-state index contributed by atoms with van der Waals surface area (Å²) in [4.78, 5) is 16.1. The summed E-state index contributed by atoms with van der Waals surface area (Å²) in [6, 6.07) is 5.74. The number of aromatic nitrogens is 1. The highest BCUT2D eigenvalue weighted by Gasteiger charge is 2.22. The van der Waals surface area contributed by atoms with Gasteiger partial charge in [0.25, 0.3) is 0 Å². The lowest BCUT2D eigenvalue weighted by molar-refractivity contribution is -0.119. The van der Waals surface area contributed by atoms with Crippen LogP contribution in [0.1, 0.15) is 37.8 Å². The van der Waals surface area contributed by atoms with Crippen LogP contribution in [0.25, 0.3) is 11.5 Å². The topological polar surface area (TPSA) is 89.3 Å². The molecule has 0 unspecified atom stereocenters. The van der Waals surface area contributed by atoms with Crippen molar-refractivity contribution in [3.63, 3.8) is 0 Å². The Morgan fingerprint density at radius 2 is 2.04 bits per heavy atom. The molecule has 0 saturated heterocycles. The molecular weight excluding hydrogens is 359 g/mol. The monoisotopic (exact) mass is 380 g/mol. The number of sulfone groups is 1. The maximum absolute atomic E-state index is 13.3. The first-order valence-electron chi connectivity index (χ1n) is 8.61. The summed E-state index contributed by atoms with van der Waals surface area (Å²) in [5.74, 6) is -1.75. The highest BCUT2D eigenvalue weighted by Crippen LogP contribution is 2.21. The summed E-state index contributed by atoms with van der Waals surface area (Å²) < 4.78 is 43.0. The Labute approximate surface area is 151 Å². The molecule has 1 aromatic heterocycles. The van der Waals surface area contributed by atoms with Gasteiger partial charge in [-0.05, 0) is 31.0 Å². The maximum atomic E-state index is 13.3. The van der Waals surface area contributed by atoms with Crippen LogP contribution >= 0.6 is 0 Å². The SMILES string of the molecule is O=C(CS(=O)(=O)Cc1coc(-c2cccc(F)c2)n1)NC1CCCCC1. The normalized spacial score (nSPS) is 15.7. The van der Waals surface area contributed by atoms with E-state index in [4.69, 9.17) is 4.42 Å². The molecule has 0 atom stereocenters. The zero-order valence-corrected chi connectivity index (χ0v) is 15.1. The van der Waals surface area contributed by atoms with E-state index in [1.54, 1.807) is 6.07 Å². The molecule has 1 aromatic carbocycles. The molecule has 2 aromatic rings. The maximum Gasteiger partial charge on any atom is 0.235 e. The van der Waals surface area contributed by atoms with Gasteiger partial charge in [0.1, 0.15) is 17.8 Å². The molecule has 1 amide bonds. The zero-order chi connectivity index (χ0) is 18.6. The molecule has 1 fully saturated rings. The largest absolute Gasteiger partial charge is 0.444 e. The molecule has 1 aliphatic carbocycles. The third-order valence-corrected chi connectivity index (χ3v) is 5.75. The summed E-state index contributed by atoms with van der Waals surface area (Å²) in [7, 11) is -3.67. The van der Waals surface area contributed by atoms with E-state index in [9.17, 15) is 17.6 Å². The van der Waals surface area contributed by atoms with E-state index in [0.717, 1.165) is 32.1 Å². The summed E-state index contributed by atoms with van der Waals surface area (Å²) >= 11 is 0. The fourth-order valence-corrected chi connectivity index (χ4v) is 4.29. The van der Waals surface area contributed by atoms with Crippen molar-refractivity contribution in [2.75, 3.05) is 5.75 Å². The van der Waals surface area contributed by atoms with Gasteiger partial charge < -0.3 is 9.73 Å². The van der Waals surface area contributed by atoms with Gasteiger partial charge in [-0.1, -0.05) is 25.3 Å². The van der Waals surface area contributed by atoms with E-state index in [1.807, 2.05) is 0 Å². The third-order valence-electron chi connectivity index (χ3n) is 4.31. The van der Waals surface area contributed by atoms with Crippen molar-refractivity contribution in [1.29, 1.82) is 0 Å². The molecule has 3 rings (SSSR count). The van der Waals surface area contributed by atoms with Crippen LogP contribution < -0.4 is 5.32 Å². The van der Waals surface area contributed by atoms with Crippen LogP contribution in [0, 0.1) is 5.82 Å². The second kappa shape index (κ2) is 7.99. The van der Waals surface area contributed by atoms with Crippen molar-refractivity contribution in [2.45, 2.75) is 43.9 Å². The third kappa shape index (κ3) is 5.14. The van der Waals surface area contributed by atoms with Gasteiger partial charge in [0, 0.05) is 11.6 Å². The molecule has 0 spiro atoms. The van der Waals surface area contributed by atoms with Gasteiger partial charge in [0.15, 0.2) is 9.84 Å². The van der Waals surface area contributed by atoms with Crippen LogP contribution in [0.4, 0.5) is 4.39 Å². The average Bonchev–Trinajstić information content (AvgIpc) is 3.02. The van der Waals surface area contributed by atoms with Gasteiger partial charge in [0.05, 0.1) is 11.4 Å². The molecule has 1 heterocycles. The Balaban J connectivity index is 1.59. The number of carbonyl (C=O) groups excluding carboxylic acids is 1. The summed E-state index contributed by atoms with van der Waals surface area (Å²) in [6.07, 6.45) is 6.28.